The Hall–Kier alpha value is -8.80. The van der Waals surface area contributed by atoms with Crippen LogP contribution in [-0.2, 0) is 29.1 Å². The van der Waals surface area contributed by atoms with E-state index in [-0.39, 0.29) is 16.2 Å². The average Bonchev–Trinajstić information content (AvgIpc) is 1.53. The standard InChI is InChI=1S/C87H76Br2N2/c1-7-13-59-23-27-61(28-24-59)63-31-41-75(42-32-63)90(77-45-35-65(36-46-77)67-15-9-19-73(88)51-67)79-21-11-17-69(53-79)71-39-49-81-83(55-71)87(57-85(81,3)4)58-86(5,6)82-50-40-72(56-84(82)87)70-18-12-22-80(54-70)91(78-47-37-66(38-48-78)68-16-10-20-74(89)52-68)76-43-33-64(34-44-76)62-29-25-60(14-8-2)26-30-62/h9-12,15-56H,7-8,13-14,57-58H2,1-6H3. The molecule has 0 saturated heterocycles. The Morgan fingerprint density at radius 1 is 0.275 bits per heavy atom. The molecule has 0 aliphatic heterocycles. The van der Waals surface area contributed by atoms with Crippen LogP contribution in [0.25, 0.3) is 66.8 Å². The molecule has 0 atom stereocenters. The van der Waals surface area contributed by atoms with Crippen LogP contribution in [0.2, 0.25) is 0 Å². The van der Waals surface area contributed by atoms with Crippen LogP contribution < -0.4 is 9.80 Å². The van der Waals surface area contributed by atoms with Crippen molar-refractivity contribution in [3.05, 3.63) is 321 Å². The number of anilines is 6. The molecule has 0 bridgehead atoms. The predicted molar refractivity (Wildman–Crippen MR) is 394 cm³/mol. The third kappa shape index (κ3) is 11.9. The lowest BCUT2D eigenvalue weighted by atomic mass is 9.72. The van der Waals surface area contributed by atoms with Gasteiger partial charge in [-0.05, 0) is 246 Å². The normalized spacial score (nSPS) is 14.1. The fourth-order valence-corrected chi connectivity index (χ4v) is 15.9. The van der Waals surface area contributed by atoms with Crippen LogP contribution in [0.15, 0.2) is 288 Å². The van der Waals surface area contributed by atoms with Crippen molar-refractivity contribution in [3.63, 3.8) is 0 Å². The van der Waals surface area contributed by atoms with Gasteiger partial charge < -0.3 is 9.80 Å². The summed E-state index contributed by atoms with van der Waals surface area (Å²) in [5.74, 6) is 0. The molecule has 12 aromatic carbocycles. The number of aryl methyl sites for hydroxylation is 2. The molecule has 0 fully saturated rings. The summed E-state index contributed by atoms with van der Waals surface area (Å²) in [6.45, 7) is 14.4. The van der Waals surface area contributed by atoms with Gasteiger partial charge in [-0.2, -0.15) is 0 Å². The third-order valence-corrected chi connectivity index (χ3v) is 20.3. The van der Waals surface area contributed by atoms with Gasteiger partial charge in [0.1, 0.15) is 0 Å². The molecule has 2 aliphatic rings. The minimum absolute atomic E-state index is 0.0348. The molecule has 0 heterocycles. The smallest absolute Gasteiger partial charge is 0.0467 e. The highest BCUT2D eigenvalue weighted by atomic mass is 79.9. The topological polar surface area (TPSA) is 6.48 Å². The number of fused-ring (bicyclic) bond motifs is 4. The van der Waals surface area contributed by atoms with Crippen molar-refractivity contribution >= 4 is 66.0 Å². The quantitative estimate of drug-likeness (QED) is 0.0951. The molecule has 4 heteroatoms. The number of halogens is 2. The number of rotatable bonds is 16. The number of hydrogen-bond acceptors (Lipinski definition) is 2. The van der Waals surface area contributed by atoms with Gasteiger partial charge in [-0.15, -0.1) is 0 Å². The molecule has 0 amide bonds. The summed E-state index contributed by atoms with van der Waals surface area (Å²) in [6.07, 6.45) is 6.57. The Labute approximate surface area is 556 Å². The van der Waals surface area contributed by atoms with Gasteiger partial charge in [0, 0.05) is 48.5 Å². The molecule has 91 heavy (non-hydrogen) atoms. The lowest BCUT2D eigenvalue weighted by Crippen LogP contribution is -2.27. The monoisotopic (exact) mass is 1310 g/mol. The molecule has 0 radical (unpaired) electrons. The van der Waals surface area contributed by atoms with Gasteiger partial charge >= 0.3 is 0 Å². The summed E-state index contributed by atoms with van der Waals surface area (Å²) in [5.41, 5.74) is 29.5. The molecule has 1 spiro atoms. The zero-order valence-corrected chi connectivity index (χ0v) is 56.1. The summed E-state index contributed by atoms with van der Waals surface area (Å²) in [7, 11) is 0. The fraction of sp³-hybridized carbons (Fsp3) is 0.172. The molecule has 2 nitrogen and oxygen atoms in total. The predicted octanol–water partition coefficient (Wildman–Crippen LogP) is 25.7. The summed E-state index contributed by atoms with van der Waals surface area (Å²) in [6, 6.07) is 105. The molecule has 2 aliphatic carbocycles. The van der Waals surface area contributed by atoms with Crippen molar-refractivity contribution in [1.29, 1.82) is 0 Å². The second-order valence-electron chi connectivity index (χ2n) is 26.6. The van der Waals surface area contributed by atoms with Gasteiger partial charge in [0.05, 0.1) is 0 Å². The summed E-state index contributed by atoms with van der Waals surface area (Å²) >= 11 is 7.41. The van der Waals surface area contributed by atoms with Crippen LogP contribution in [0.5, 0.6) is 0 Å². The summed E-state index contributed by atoms with van der Waals surface area (Å²) < 4.78 is 2.14. The molecule has 0 saturated carbocycles. The van der Waals surface area contributed by atoms with E-state index in [1.165, 1.54) is 100 Å². The second kappa shape index (κ2) is 24.8. The van der Waals surface area contributed by atoms with E-state index in [1.807, 2.05) is 0 Å². The second-order valence-corrected chi connectivity index (χ2v) is 28.4. The van der Waals surface area contributed by atoms with Crippen molar-refractivity contribution < 1.29 is 0 Å². The SMILES string of the molecule is CCCc1ccc(-c2ccc(N(c3ccc(-c4cccc(Br)c4)cc3)c3cccc(-c4ccc5c(c4)C4(CC5(C)C)CC(C)(C)c5ccc(-c6cccc(N(c7ccc(-c8ccc(CCC)cc8)cc7)c7ccc(-c8cccc(Br)c8)cc7)c6)cc54)c3)cc2)cc1. The first-order chi connectivity index (χ1) is 44.2. The highest BCUT2D eigenvalue weighted by Gasteiger charge is 2.56. The van der Waals surface area contributed by atoms with Crippen LogP contribution in [0.4, 0.5) is 34.1 Å². The van der Waals surface area contributed by atoms with Gasteiger partial charge in [-0.1, -0.05) is 256 Å². The lowest BCUT2D eigenvalue weighted by Gasteiger charge is -2.31. The zero-order chi connectivity index (χ0) is 62.4. The van der Waals surface area contributed by atoms with E-state index in [0.29, 0.717) is 0 Å². The Kier molecular flexibility index (Phi) is 16.3. The van der Waals surface area contributed by atoms with Crippen molar-refractivity contribution in [3.8, 4) is 66.8 Å². The van der Waals surface area contributed by atoms with Crippen LogP contribution in [0, 0.1) is 0 Å². The zero-order valence-electron chi connectivity index (χ0n) is 53.0. The fourth-order valence-electron chi connectivity index (χ4n) is 15.1. The Bertz CT molecular complexity index is 4300. The highest BCUT2D eigenvalue weighted by Crippen LogP contribution is 2.63. The lowest BCUT2D eigenvalue weighted by molar-refractivity contribution is 0.350. The first kappa shape index (κ1) is 59.8. The largest absolute Gasteiger partial charge is 0.310 e. The van der Waals surface area contributed by atoms with Crippen LogP contribution in [0.1, 0.15) is 101 Å². The highest BCUT2D eigenvalue weighted by molar-refractivity contribution is 9.10. The molecule has 0 aromatic heterocycles. The molecule has 0 N–H and O–H groups in total. The van der Waals surface area contributed by atoms with Crippen molar-refractivity contribution in [2.24, 2.45) is 0 Å². The van der Waals surface area contributed by atoms with Gasteiger partial charge in [0.2, 0.25) is 0 Å². The molecule has 448 valence electrons. The van der Waals surface area contributed by atoms with E-state index in [9.17, 15) is 0 Å². The molecule has 14 rings (SSSR count). The average molecular weight is 1310 g/mol. The summed E-state index contributed by atoms with van der Waals surface area (Å²) in [4.78, 5) is 4.83. The molecular weight excluding hydrogens is 1230 g/mol. The number of nitrogens with zero attached hydrogens (tertiary/aromatic N) is 2. The minimum Gasteiger partial charge on any atom is -0.310 e. The van der Waals surface area contributed by atoms with Gasteiger partial charge in [-0.3, -0.25) is 0 Å². The van der Waals surface area contributed by atoms with E-state index < -0.39 is 0 Å². The first-order valence-electron chi connectivity index (χ1n) is 32.4. The Morgan fingerprint density at radius 2 is 0.549 bits per heavy atom. The number of hydrogen-bond donors (Lipinski definition) is 0. The molecule has 12 aromatic rings. The van der Waals surface area contributed by atoms with Gasteiger partial charge in [-0.25, -0.2) is 0 Å². The van der Waals surface area contributed by atoms with Crippen molar-refractivity contribution in [2.45, 2.75) is 96.3 Å². The number of benzene rings is 12. The van der Waals surface area contributed by atoms with E-state index in [0.717, 1.165) is 81.6 Å². The van der Waals surface area contributed by atoms with Crippen molar-refractivity contribution in [1.82, 2.24) is 0 Å². The van der Waals surface area contributed by atoms with Gasteiger partial charge in [0.25, 0.3) is 0 Å². The van der Waals surface area contributed by atoms with E-state index in [1.54, 1.807) is 0 Å². The molecule has 0 unspecified atom stereocenters. The minimum atomic E-state index is -0.181. The maximum Gasteiger partial charge on any atom is 0.0467 e. The first-order valence-corrected chi connectivity index (χ1v) is 34.0. The van der Waals surface area contributed by atoms with E-state index in [2.05, 4.69) is 362 Å². The van der Waals surface area contributed by atoms with E-state index in [4.69, 9.17) is 0 Å². The van der Waals surface area contributed by atoms with Crippen molar-refractivity contribution in [2.75, 3.05) is 9.80 Å². The Balaban J connectivity index is 0.824. The third-order valence-electron chi connectivity index (χ3n) is 19.4. The molecular formula is C87H76Br2N2. The maximum atomic E-state index is 3.70. The van der Waals surface area contributed by atoms with Crippen LogP contribution in [0.3, 0.4) is 0 Å². The van der Waals surface area contributed by atoms with E-state index >= 15 is 0 Å². The van der Waals surface area contributed by atoms with Gasteiger partial charge in [0.15, 0.2) is 0 Å². The van der Waals surface area contributed by atoms with Crippen LogP contribution in [-0.4, -0.2) is 0 Å². The summed E-state index contributed by atoms with van der Waals surface area (Å²) in [5, 5.41) is 0. The maximum absolute atomic E-state index is 3.70. The van der Waals surface area contributed by atoms with Crippen LogP contribution >= 0.6 is 31.9 Å². The Morgan fingerprint density at radius 3 is 0.868 bits per heavy atom.